The topological polar surface area (TPSA) is 74.8 Å². The first-order valence-corrected chi connectivity index (χ1v) is 9.79. The normalized spacial score (nSPS) is 14.4. The van der Waals surface area contributed by atoms with Crippen LogP contribution in [0.15, 0.2) is 48.7 Å². The molecule has 1 fully saturated rings. The third-order valence-electron chi connectivity index (χ3n) is 5.27. The van der Waals surface area contributed by atoms with Crippen molar-refractivity contribution in [2.75, 3.05) is 38.2 Å². The summed E-state index contributed by atoms with van der Waals surface area (Å²) in [5.74, 6) is 1.17. The Balaban J connectivity index is 1.57. The van der Waals surface area contributed by atoms with E-state index in [4.69, 9.17) is 4.74 Å². The van der Waals surface area contributed by atoms with E-state index in [9.17, 15) is 9.59 Å². The average molecular weight is 396 g/mol. The molecule has 1 aromatic carbocycles. The molecule has 1 aliphatic heterocycles. The minimum atomic E-state index is -1.14. The highest BCUT2D eigenvalue weighted by atomic mass is 16.5. The first-order chi connectivity index (χ1) is 13.9. The minimum Gasteiger partial charge on any atom is -0.496 e. The zero-order valence-corrected chi connectivity index (χ0v) is 17.2. The lowest BCUT2D eigenvalue weighted by atomic mass is 9.89. The molecule has 2 amide bonds. The molecule has 154 valence electrons. The molecule has 1 aliphatic rings. The van der Waals surface area contributed by atoms with Crippen molar-refractivity contribution in [3.63, 3.8) is 0 Å². The zero-order valence-electron chi connectivity index (χ0n) is 17.2. The van der Waals surface area contributed by atoms with Crippen LogP contribution in [0.1, 0.15) is 19.4 Å². The van der Waals surface area contributed by atoms with Crippen molar-refractivity contribution in [3.05, 3.63) is 54.2 Å². The Morgan fingerprint density at radius 3 is 2.41 bits per heavy atom. The van der Waals surface area contributed by atoms with Crippen LogP contribution in [0, 0.1) is 5.41 Å². The third-order valence-corrected chi connectivity index (χ3v) is 5.27. The van der Waals surface area contributed by atoms with Gasteiger partial charge in [0.1, 0.15) is 17.0 Å². The van der Waals surface area contributed by atoms with Crippen LogP contribution in [0.5, 0.6) is 5.75 Å². The molecule has 3 rings (SSSR count). The van der Waals surface area contributed by atoms with E-state index in [-0.39, 0.29) is 11.8 Å². The molecule has 29 heavy (non-hydrogen) atoms. The zero-order chi connectivity index (χ0) is 20.9. The van der Waals surface area contributed by atoms with Crippen molar-refractivity contribution >= 4 is 17.6 Å². The first-order valence-electron chi connectivity index (χ1n) is 9.79. The molecule has 7 nitrogen and oxygen atoms in total. The number of nitrogens with one attached hydrogen (secondary N) is 1. The molecular formula is C22H28N4O3. The number of amides is 2. The Morgan fingerprint density at radius 1 is 1.07 bits per heavy atom. The van der Waals surface area contributed by atoms with Crippen molar-refractivity contribution < 1.29 is 14.3 Å². The summed E-state index contributed by atoms with van der Waals surface area (Å²) in [5.41, 5.74) is -0.273. The van der Waals surface area contributed by atoms with Crippen LogP contribution in [0.25, 0.3) is 0 Å². The monoisotopic (exact) mass is 396 g/mol. The smallest absolute Gasteiger partial charge is 0.237 e. The van der Waals surface area contributed by atoms with Crippen LogP contribution >= 0.6 is 0 Å². The van der Waals surface area contributed by atoms with Gasteiger partial charge in [-0.2, -0.15) is 0 Å². The number of hydrogen-bond acceptors (Lipinski definition) is 5. The van der Waals surface area contributed by atoms with E-state index in [0.717, 1.165) is 11.4 Å². The number of anilines is 1. The van der Waals surface area contributed by atoms with E-state index in [1.807, 2.05) is 42.5 Å². The summed E-state index contributed by atoms with van der Waals surface area (Å²) < 4.78 is 5.32. The number of carbonyl (C=O) groups excluding carboxylic acids is 2. The molecule has 0 bridgehead atoms. The SMILES string of the molecule is COc1ccccc1CNC(=O)C(C)(C)C(=O)N1CCN(c2ccccn2)CC1. The first kappa shape index (κ1) is 20.6. The highest BCUT2D eigenvalue weighted by Gasteiger charge is 2.40. The lowest BCUT2D eigenvalue weighted by Gasteiger charge is -2.38. The number of piperazine rings is 1. The number of rotatable bonds is 6. The summed E-state index contributed by atoms with van der Waals surface area (Å²) in [5, 5.41) is 2.88. The molecule has 0 atom stereocenters. The molecule has 1 N–H and O–H groups in total. The van der Waals surface area contributed by atoms with Gasteiger partial charge in [-0.3, -0.25) is 9.59 Å². The second-order valence-corrected chi connectivity index (χ2v) is 7.59. The van der Waals surface area contributed by atoms with E-state index < -0.39 is 5.41 Å². The van der Waals surface area contributed by atoms with Gasteiger partial charge in [0, 0.05) is 44.5 Å². The molecule has 0 saturated carbocycles. The number of aromatic nitrogens is 1. The van der Waals surface area contributed by atoms with Gasteiger partial charge in [0.05, 0.1) is 7.11 Å². The van der Waals surface area contributed by atoms with Crippen LogP contribution in [-0.2, 0) is 16.1 Å². The number of benzene rings is 1. The molecule has 2 aromatic rings. The van der Waals surface area contributed by atoms with Crippen molar-refractivity contribution in [2.24, 2.45) is 5.41 Å². The maximum atomic E-state index is 13.0. The Hall–Kier alpha value is -3.09. The van der Waals surface area contributed by atoms with E-state index in [1.165, 1.54) is 0 Å². The van der Waals surface area contributed by atoms with Gasteiger partial charge in [0.15, 0.2) is 0 Å². The molecule has 1 saturated heterocycles. The maximum absolute atomic E-state index is 13.0. The molecular weight excluding hydrogens is 368 g/mol. The molecule has 0 aliphatic carbocycles. The number of ether oxygens (including phenoxy) is 1. The lowest BCUT2D eigenvalue weighted by molar-refractivity contribution is -0.148. The quantitative estimate of drug-likeness (QED) is 0.757. The van der Waals surface area contributed by atoms with Gasteiger partial charge in [-0.1, -0.05) is 24.3 Å². The predicted octanol–water partition coefficient (Wildman–Crippen LogP) is 2.08. The summed E-state index contributed by atoms with van der Waals surface area (Å²) in [4.78, 5) is 34.1. The third kappa shape index (κ3) is 4.67. The largest absolute Gasteiger partial charge is 0.496 e. The summed E-state index contributed by atoms with van der Waals surface area (Å²) in [6.45, 7) is 6.20. The number of carbonyl (C=O) groups is 2. The standard InChI is InChI=1S/C22H28N4O3/c1-22(2,20(27)24-16-17-8-4-5-9-18(17)29-3)21(28)26-14-12-25(13-15-26)19-10-6-7-11-23-19/h4-11H,12-16H2,1-3H3,(H,24,27). The fourth-order valence-electron chi connectivity index (χ4n) is 3.42. The second-order valence-electron chi connectivity index (χ2n) is 7.59. The molecule has 0 unspecified atom stereocenters. The van der Waals surface area contributed by atoms with Gasteiger partial charge >= 0.3 is 0 Å². The van der Waals surface area contributed by atoms with Gasteiger partial charge in [-0.15, -0.1) is 0 Å². The van der Waals surface area contributed by atoms with Gasteiger partial charge in [-0.05, 0) is 32.0 Å². The van der Waals surface area contributed by atoms with Gasteiger partial charge in [0.2, 0.25) is 11.8 Å². The summed E-state index contributed by atoms with van der Waals surface area (Å²) >= 11 is 0. The summed E-state index contributed by atoms with van der Waals surface area (Å²) in [7, 11) is 1.60. The predicted molar refractivity (Wildman–Crippen MR) is 112 cm³/mol. The van der Waals surface area contributed by atoms with E-state index in [2.05, 4.69) is 15.2 Å². The van der Waals surface area contributed by atoms with E-state index in [0.29, 0.717) is 38.5 Å². The summed E-state index contributed by atoms with van der Waals surface area (Å²) in [6.07, 6.45) is 1.77. The molecule has 1 aromatic heterocycles. The van der Waals surface area contributed by atoms with Gasteiger partial charge in [-0.25, -0.2) is 4.98 Å². The van der Waals surface area contributed by atoms with Crippen molar-refractivity contribution in [2.45, 2.75) is 20.4 Å². The fourth-order valence-corrected chi connectivity index (χ4v) is 3.42. The van der Waals surface area contributed by atoms with E-state index in [1.54, 1.807) is 32.1 Å². The summed E-state index contributed by atoms with van der Waals surface area (Å²) in [6, 6.07) is 13.3. The highest BCUT2D eigenvalue weighted by molar-refractivity contribution is 6.04. The van der Waals surface area contributed by atoms with Crippen LogP contribution < -0.4 is 15.0 Å². The van der Waals surface area contributed by atoms with Crippen LogP contribution in [-0.4, -0.2) is 55.0 Å². The molecule has 0 radical (unpaired) electrons. The van der Waals surface area contributed by atoms with Crippen molar-refractivity contribution in [1.29, 1.82) is 0 Å². The Morgan fingerprint density at radius 2 is 1.76 bits per heavy atom. The Kier molecular flexibility index (Phi) is 6.36. The number of pyridine rings is 1. The number of methoxy groups -OCH3 is 1. The van der Waals surface area contributed by atoms with Crippen LogP contribution in [0.4, 0.5) is 5.82 Å². The van der Waals surface area contributed by atoms with Crippen molar-refractivity contribution in [1.82, 2.24) is 15.2 Å². The Bertz CT molecular complexity index is 846. The second kappa shape index (κ2) is 8.94. The fraction of sp³-hybridized carbons (Fsp3) is 0.409. The van der Waals surface area contributed by atoms with Crippen LogP contribution in [0.2, 0.25) is 0 Å². The number of para-hydroxylation sites is 1. The van der Waals surface area contributed by atoms with E-state index >= 15 is 0 Å². The molecule has 0 spiro atoms. The van der Waals surface area contributed by atoms with Crippen LogP contribution in [0.3, 0.4) is 0 Å². The molecule has 7 heteroatoms. The number of nitrogens with zero attached hydrogens (tertiary/aromatic N) is 3. The lowest BCUT2D eigenvalue weighted by Crippen LogP contribution is -2.55. The van der Waals surface area contributed by atoms with Gasteiger partial charge < -0.3 is 19.9 Å². The highest BCUT2D eigenvalue weighted by Crippen LogP contribution is 2.23. The molecule has 2 heterocycles. The Labute approximate surface area is 171 Å². The maximum Gasteiger partial charge on any atom is 0.237 e. The van der Waals surface area contributed by atoms with Crippen molar-refractivity contribution in [3.8, 4) is 5.75 Å². The minimum absolute atomic E-state index is 0.157. The van der Waals surface area contributed by atoms with Gasteiger partial charge in [0.25, 0.3) is 0 Å². The average Bonchev–Trinajstić information content (AvgIpc) is 2.77. The number of hydrogen-bond donors (Lipinski definition) is 1.